The largest absolute Gasteiger partial charge is 0.389 e. The second-order valence-corrected chi connectivity index (χ2v) is 5.08. The number of pyridine rings is 1. The fourth-order valence-corrected chi connectivity index (χ4v) is 2.20. The molecule has 0 radical (unpaired) electrons. The van der Waals surface area contributed by atoms with Crippen molar-refractivity contribution in [2.75, 3.05) is 27.3 Å². The van der Waals surface area contributed by atoms with Crippen LogP contribution >= 0.6 is 0 Å². The lowest BCUT2D eigenvalue weighted by atomic mass is 10.1. The Morgan fingerprint density at radius 1 is 1.41 bits per heavy atom. The maximum atomic E-state index is 12.1. The zero-order valence-corrected chi connectivity index (χ0v) is 12.8. The number of likely N-dealkylation sites (N-methyl/N-ethyl adjacent to an activating group) is 1. The smallest absolute Gasteiger partial charge is 0.246 e. The number of amides is 1. The normalized spacial score (nSPS) is 12.7. The molecule has 1 aromatic heterocycles. The molecule has 0 saturated carbocycles. The minimum Gasteiger partial charge on any atom is -0.389 e. The fourth-order valence-electron chi connectivity index (χ4n) is 2.20. The van der Waals surface area contributed by atoms with E-state index in [2.05, 4.69) is 4.98 Å². The van der Waals surface area contributed by atoms with Gasteiger partial charge in [-0.05, 0) is 23.8 Å². The number of rotatable bonds is 6. The van der Waals surface area contributed by atoms with Gasteiger partial charge in [-0.3, -0.25) is 9.78 Å². The first kappa shape index (κ1) is 16.1. The van der Waals surface area contributed by atoms with Gasteiger partial charge in [-0.25, -0.2) is 0 Å². The number of aliphatic hydroxyl groups excluding tert-OH is 1. The quantitative estimate of drug-likeness (QED) is 0.825. The Morgan fingerprint density at radius 3 is 2.95 bits per heavy atom. The van der Waals surface area contributed by atoms with E-state index in [-0.39, 0.29) is 19.1 Å². The summed E-state index contributed by atoms with van der Waals surface area (Å²) >= 11 is 0. The lowest BCUT2D eigenvalue weighted by Gasteiger charge is -2.18. The summed E-state index contributed by atoms with van der Waals surface area (Å²) in [4.78, 5) is 17.8. The average Bonchev–Trinajstić information content (AvgIpc) is 2.52. The molecule has 2 rings (SSSR count). The van der Waals surface area contributed by atoms with E-state index in [1.54, 1.807) is 19.3 Å². The van der Waals surface area contributed by atoms with Crippen molar-refractivity contribution in [1.29, 1.82) is 0 Å². The van der Waals surface area contributed by atoms with Crippen LogP contribution in [0.2, 0.25) is 0 Å². The number of hydrogen-bond donors (Lipinski definition) is 1. The Morgan fingerprint density at radius 2 is 2.18 bits per heavy atom. The van der Waals surface area contributed by atoms with Crippen LogP contribution in [0, 0.1) is 0 Å². The number of nitrogens with zero attached hydrogens (tertiary/aromatic N) is 2. The third-order valence-electron chi connectivity index (χ3n) is 3.31. The molecule has 2 aromatic rings. The van der Waals surface area contributed by atoms with Crippen LogP contribution in [0.25, 0.3) is 17.0 Å². The van der Waals surface area contributed by atoms with Gasteiger partial charge in [0.05, 0.1) is 18.2 Å². The predicted octanol–water partition coefficient (Wildman–Crippen LogP) is 1.71. The maximum absolute atomic E-state index is 12.1. The van der Waals surface area contributed by atoms with E-state index in [1.165, 1.54) is 18.1 Å². The van der Waals surface area contributed by atoms with Crippen molar-refractivity contribution < 1.29 is 14.6 Å². The van der Waals surface area contributed by atoms with Crippen molar-refractivity contribution in [3.8, 4) is 0 Å². The van der Waals surface area contributed by atoms with E-state index in [0.717, 1.165) is 16.5 Å². The highest BCUT2D eigenvalue weighted by molar-refractivity contribution is 5.95. The summed E-state index contributed by atoms with van der Waals surface area (Å²) in [6, 6.07) is 9.64. The van der Waals surface area contributed by atoms with Gasteiger partial charge in [0.2, 0.25) is 5.91 Å². The molecule has 1 N–H and O–H groups in total. The molecule has 0 saturated heterocycles. The first-order chi connectivity index (χ1) is 10.6. The standard InChI is InChI=1S/C17H20N2O3/c1-19(11-14(20)12-22-2)17(21)8-7-13-9-10-18-16-6-4-3-5-15(13)16/h3-10,14,20H,11-12H2,1-2H3. The molecule has 0 aliphatic carbocycles. The molecule has 0 bridgehead atoms. The average molecular weight is 300 g/mol. The van der Waals surface area contributed by atoms with Gasteiger partial charge < -0.3 is 14.7 Å². The van der Waals surface area contributed by atoms with E-state index < -0.39 is 6.10 Å². The van der Waals surface area contributed by atoms with E-state index in [0.29, 0.717) is 0 Å². The number of carbonyl (C=O) groups is 1. The van der Waals surface area contributed by atoms with Crippen LogP contribution in [0.4, 0.5) is 0 Å². The molecule has 5 heteroatoms. The number of fused-ring (bicyclic) bond motifs is 1. The number of aliphatic hydroxyl groups is 1. The van der Waals surface area contributed by atoms with Crippen LogP contribution < -0.4 is 0 Å². The highest BCUT2D eigenvalue weighted by Crippen LogP contribution is 2.17. The Labute approximate surface area is 129 Å². The molecule has 0 spiro atoms. The van der Waals surface area contributed by atoms with Crippen molar-refractivity contribution in [3.05, 3.63) is 48.2 Å². The lowest BCUT2D eigenvalue weighted by Crippen LogP contribution is -2.35. The summed E-state index contributed by atoms with van der Waals surface area (Å²) in [7, 11) is 3.16. The van der Waals surface area contributed by atoms with Crippen molar-refractivity contribution in [1.82, 2.24) is 9.88 Å². The zero-order valence-electron chi connectivity index (χ0n) is 12.8. The van der Waals surface area contributed by atoms with Crippen molar-refractivity contribution in [3.63, 3.8) is 0 Å². The van der Waals surface area contributed by atoms with Gasteiger partial charge in [0, 0.05) is 38.4 Å². The zero-order chi connectivity index (χ0) is 15.9. The van der Waals surface area contributed by atoms with Gasteiger partial charge in [-0.15, -0.1) is 0 Å². The van der Waals surface area contributed by atoms with Crippen LogP contribution in [0.1, 0.15) is 5.56 Å². The van der Waals surface area contributed by atoms with Crippen LogP contribution in [-0.4, -0.2) is 54.3 Å². The van der Waals surface area contributed by atoms with Gasteiger partial charge in [0.15, 0.2) is 0 Å². The van der Waals surface area contributed by atoms with E-state index >= 15 is 0 Å². The minimum atomic E-state index is -0.686. The molecule has 0 aliphatic heterocycles. The Hall–Kier alpha value is -2.24. The lowest BCUT2D eigenvalue weighted by molar-refractivity contribution is -0.126. The molecule has 1 unspecified atom stereocenters. The van der Waals surface area contributed by atoms with Gasteiger partial charge in [0.1, 0.15) is 0 Å². The Kier molecular flexibility index (Phi) is 5.63. The molecular formula is C17H20N2O3. The second kappa shape index (κ2) is 7.68. The molecule has 1 aromatic carbocycles. The van der Waals surface area contributed by atoms with Crippen LogP contribution in [0.15, 0.2) is 42.6 Å². The van der Waals surface area contributed by atoms with Crippen LogP contribution in [0.3, 0.4) is 0 Å². The fraction of sp³-hybridized carbons (Fsp3) is 0.294. The number of hydrogen-bond acceptors (Lipinski definition) is 4. The third-order valence-corrected chi connectivity index (χ3v) is 3.31. The monoisotopic (exact) mass is 300 g/mol. The molecule has 1 atom stereocenters. The maximum Gasteiger partial charge on any atom is 0.246 e. The van der Waals surface area contributed by atoms with Crippen molar-refractivity contribution >= 4 is 22.9 Å². The molecule has 0 fully saturated rings. The number of carbonyl (C=O) groups excluding carboxylic acids is 1. The summed E-state index contributed by atoms with van der Waals surface area (Å²) in [5.74, 6) is -0.170. The predicted molar refractivity (Wildman–Crippen MR) is 86.3 cm³/mol. The van der Waals surface area contributed by atoms with Crippen molar-refractivity contribution in [2.45, 2.75) is 6.10 Å². The van der Waals surface area contributed by atoms with Crippen molar-refractivity contribution in [2.24, 2.45) is 0 Å². The third kappa shape index (κ3) is 4.13. The molecule has 1 amide bonds. The Bertz CT molecular complexity index is 665. The summed E-state index contributed by atoms with van der Waals surface area (Å²) in [6.45, 7) is 0.435. The molecule has 5 nitrogen and oxygen atoms in total. The molecule has 1 heterocycles. The SMILES string of the molecule is COCC(O)CN(C)C(=O)C=Cc1ccnc2ccccc12. The summed E-state index contributed by atoms with van der Waals surface area (Å²) in [5, 5.41) is 10.6. The summed E-state index contributed by atoms with van der Waals surface area (Å²) < 4.78 is 4.85. The van der Waals surface area contributed by atoms with Crippen LogP contribution in [0.5, 0.6) is 0 Å². The highest BCUT2D eigenvalue weighted by Gasteiger charge is 2.11. The number of para-hydroxylation sites is 1. The Balaban J connectivity index is 2.08. The molecular weight excluding hydrogens is 280 g/mol. The molecule has 0 aliphatic rings. The number of benzene rings is 1. The minimum absolute atomic E-state index is 0.170. The summed E-state index contributed by atoms with van der Waals surface area (Å²) in [6.07, 6.45) is 4.31. The van der Waals surface area contributed by atoms with Gasteiger partial charge >= 0.3 is 0 Å². The van der Waals surface area contributed by atoms with Gasteiger partial charge in [0.25, 0.3) is 0 Å². The molecule has 116 valence electrons. The van der Waals surface area contributed by atoms with Gasteiger partial charge in [-0.2, -0.15) is 0 Å². The van der Waals surface area contributed by atoms with E-state index in [1.807, 2.05) is 30.3 Å². The summed E-state index contributed by atoms with van der Waals surface area (Å²) in [5.41, 5.74) is 1.82. The van der Waals surface area contributed by atoms with Crippen LogP contribution in [-0.2, 0) is 9.53 Å². The van der Waals surface area contributed by atoms with Gasteiger partial charge in [-0.1, -0.05) is 18.2 Å². The first-order valence-corrected chi connectivity index (χ1v) is 7.05. The second-order valence-electron chi connectivity index (χ2n) is 5.08. The first-order valence-electron chi connectivity index (χ1n) is 7.05. The van der Waals surface area contributed by atoms with E-state index in [4.69, 9.17) is 4.74 Å². The van der Waals surface area contributed by atoms with E-state index in [9.17, 15) is 9.90 Å². The number of methoxy groups -OCH3 is 1. The molecule has 22 heavy (non-hydrogen) atoms. The highest BCUT2D eigenvalue weighted by atomic mass is 16.5. The number of ether oxygens (including phenoxy) is 1. The number of aromatic nitrogens is 1. The topological polar surface area (TPSA) is 62.7 Å².